The lowest BCUT2D eigenvalue weighted by molar-refractivity contribution is 0.0965. The topological polar surface area (TPSA) is 59.6 Å². The van der Waals surface area contributed by atoms with E-state index in [1.54, 1.807) is 0 Å². The summed E-state index contributed by atoms with van der Waals surface area (Å²) in [5.41, 5.74) is 2.80. The molecule has 1 aliphatic carbocycles. The zero-order valence-electron chi connectivity index (χ0n) is 12.1. The van der Waals surface area contributed by atoms with E-state index in [9.17, 15) is 5.26 Å². The van der Waals surface area contributed by atoms with E-state index in [-0.39, 0.29) is 12.0 Å². The van der Waals surface area contributed by atoms with Gasteiger partial charge in [-0.3, -0.25) is 4.90 Å². The molecule has 1 aromatic rings. The Balaban J connectivity index is 1.89. The molecule has 3 unspecified atom stereocenters. The van der Waals surface area contributed by atoms with E-state index >= 15 is 0 Å². The zero-order valence-corrected chi connectivity index (χ0v) is 12.1. The Morgan fingerprint density at radius 1 is 1.43 bits per heavy atom. The number of nitriles is 1. The van der Waals surface area contributed by atoms with Crippen molar-refractivity contribution in [2.75, 3.05) is 6.54 Å². The zero-order chi connectivity index (χ0) is 14.8. The standard InChI is InChI=1S/C17H19N3O/c1-12(19-21)16-8-14-7-15(9-18)17(16)20(11-14)10-13-5-3-2-4-6-13/h2-7,14,16-17,21H,8,10-11H2,1H3. The molecular weight excluding hydrogens is 262 g/mol. The highest BCUT2D eigenvalue weighted by molar-refractivity contribution is 5.85. The van der Waals surface area contributed by atoms with Crippen LogP contribution in [-0.2, 0) is 6.54 Å². The van der Waals surface area contributed by atoms with Gasteiger partial charge in [-0.1, -0.05) is 41.6 Å². The van der Waals surface area contributed by atoms with Gasteiger partial charge in [0.2, 0.25) is 0 Å². The van der Waals surface area contributed by atoms with Gasteiger partial charge in [0.15, 0.2) is 0 Å². The highest BCUT2D eigenvalue weighted by atomic mass is 16.4. The van der Waals surface area contributed by atoms with Gasteiger partial charge in [0.1, 0.15) is 0 Å². The maximum atomic E-state index is 9.42. The van der Waals surface area contributed by atoms with Gasteiger partial charge in [0.25, 0.3) is 0 Å². The van der Waals surface area contributed by atoms with Crippen molar-refractivity contribution in [2.24, 2.45) is 17.0 Å². The summed E-state index contributed by atoms with van der Waals surface area (Å²) in [6.07, 6.45) is 3.07. The Kier molecular flexibility index (Phi) is 3.76. The SMILES string of the molecule is CC(=NO)C1CC2C=C(C#N)C1N(Cc1ccccc1)C2. The van der Waals surface area contributed by atoms with Crippen molar-refractivity contribution in [1.82, 2.24) is 4.90 Å². The molecule has 2 bridgehead atoms. The maximum absolute atomic E-state index is 9.42. The van der Waals surface area contributed by atoms with Crippen LogP contribution in [0.4, 0.5) is 0 Å². The number of oxime groups is 1. The minimum Gasteiger partial charge on any atom is -0.411 e. The third-order valence-corrected chi connectivity index (χ3v) is 4.59. The summed E-state index contributed by atoms with van der Waals surface area (Å²) >= 11 is 0. The average Bonchev–Trinajstić information content (AvgIpc) is 2.54. The number of benzene rings is 1. The molecule has 3 atom stereocenters. The van der Waals surface area contributed by atoms with Crippen LogP contribution in [0.2, 0.25) is 0 Å². The van der Waals surface area contributed by atoms with Gasteiger partial charge < -0.3 is 5.21 Å². The van der Waals surface area contributed by atoms with E-state index in [1.807, 2.05) is 25.1 Å². The van der Waals surface area contributed by atoms with Crippen molar-refractivity contribution < 1.29 is 5.21 Å². The maximum Gasteiger partial charge on any atom is 0.0960 e. The first-order chi connectivity index (χ1) is 10.2. The van der Waals surface area contributed by atoms with E-state index in [4.69, 9.17) is 5.21 Å². The van der Waals surface area contributed by atoms with Gasteiger partial charge in [-0.2, -0.15) is 5.26 Å². The van der Waals surface area contributed by atoms with Crippen LogP contribution in [0.5, 0.6) is 0 Å². The molecule has 0 aromatic heterocycles. The third-order valence-electron chi connectivity index (χ3n) is 4.59. The summed E-state index contributed by atoms with van der Waals surface area (Å²) in [5, 5.41) is 21.9. The van der Waals surface area contributed by atoms with Crippen molar-refractivity contribution in [3.05, 3.63) is 47.5 Å². The second kappa shape index (κ2) is 5.71. The van der Waals surface area contributed by atoms with E-state index in [2.05, 4.69) is 34.3 Å². The van der Waals surface area contributed by atoms with Gasteiger partial charge in [-0.25, -0.2) is 0 Å². The minimum absolute atomic E-state index is 0.0381. The molecule has 0 radical (unpaired) electrons. The summed E-state index contributed by atoms with van der Waals surface area (Å²) < 4.78 is 0. The fraction of sp³-hybridized carbons (Fsp3) is 0.412. The Morgan fingerprint density at radius 2 is 2.19 bits per heavy atom. The Bertz CT molecular complexity index is 615. The second-order valence-electron chi connectivity index (χ2n) is 5.94. The molecule has 4 rings (SSSR count). The Morgan fingerprint density at radius 3 is 2.86 bits per heavy atom. The monoisotopic (exact) mass is 281 g/mol. The molecule has 0 spiro atoms. The van der Waals surface area contributed by atoms with Crippen LogP contribution in [0.1, 0.15) is 18.9 Å². The van der Waals surface area contributed by atoms with Crippen LogP contribution in [0.25, 0.3) is 0 Å². The van der Waals surface area contributed by atoms with Gasteiger partial charge in [0, 0.05) is 24.6 Å². The molecule has 4 nitrogen and oxygen atoms in total. The fourth-order valence-corrected chi connectivity index (χ4v) is 3.64. The molecule has 1 aromatic carbocycles. The van der Waals surface area contributed by atoms with Gasteiger partial charge in [-0.05, 0) is 24.8 Å². The van der Waals surface area contributed by atoms with Crippen molar-refractivity contribution in [3.63, 3.8) is 0 Å². The van der Waals surface area contributed by atoms with Crippen LogP contribution in [0.15, 0.2) is 47.1 Å². The molecule has 3 aliphatic rings. The smallest absolute Gasteiger partial charge is 0.0960 e. The fourth-order valence-electron chi connectivity index (χ4n) is 3.64. The van der Waals surface area contributed by atoms with Crippen molar-refractivity contribution in [2.45, 2.75) is 25.9 Å². The first kappa shape index (κ1) is 13.8. The second-order valence-corrected chi connectivity index (χ2v) is 5.94. The molecule has 1 N–H and O–H groups in total. The van der Waals surface area contributed by atoms with Gasteiger partial charge >= 0.3 is 0 Å². The highest BCUT2D eigenvalue weighted by Gasteiger charge is 2.43. The average molecular weight is 281 g/mol. The summed E-state index contributed by atoms with van der Waals surface area (Å²) in [5.74, 6) is 0.507. The third kappa shape index (κ3) is 2.57. The molecule has 0 amide bonds. The van der Waals surface area contributed by atoms with Crippen molar-refractivity contribution >= 4 is 5.71 Å². The molecular formula is C17H19N3O. The molecule has 108 valence electrons. The van der Waals surface area contributed by atoms with E-state index in [0.29, 0.717) is 5.92 Å². The van der Waals surface area contributed by atoms with E-state index in [1.165, 1.54) is 5.56 Å². The Labute approximate surface area is 125 Å². The van der Waals surface area contributed by atoms with Crippen LogP contribution in [0, 0.1) is 23.2 Å². The Hall–Kier alpha value is -2.12. The predicted octanol–water partition coefficient (Wildman–Crippen LogP) is 2.81. The first-order valence-electron chi connectivity index (χ1n) is 7.31. The number of fused-ring (bicyclic) bond motifs is 2. The first-order valence-corrected chi connectivity index (χ1v) is 7.31. The van der Waals surface area contributed by atoms with Crippen molar-refractivity contribution in [3.8, 4) is 6.07 Å². The quantitative estimate of drug-likeness (QED) is 0.526. The number of piperidine rings is 1. The van der Waals surface area contributed by atoms with Crippen LogP contribution in [-0.4, -0.2) is 28.4 Å². The highest BCUT2D eigenvalue weighted by Crippen LogP contribution is 2.39. The number of rotatable bonds is 3. The molecule has 1 fully saturated rings. The number of hydrogen-bond acceptors (Lipinski definition) is 4. The van der Waals surface area contributed by atoms with Crippen molar-refractivity contribution in [1.29, 1.82) is 5.26 Å². The molecule has 4 heteroatoms. The van der Waals surface area contributed by atoms with E-state index < -0.39 is 0 Å². The van der Waals surface area contributed by atoms with Crippen LogP contribution in [0.3, 0.4) is 0 Å². The normalized spacial score (nSPS) is 29.0. The lowest BCUT2D eigenvalue weighted by Gasteiger charge is -2.47. The molecule has 21 heavy (non-hydrogen) atoms. The number of nitrogens with zero attached hydrogens (tertiary/aromatic N) is 3. The summed E-state index contributed by atoms with van der Waals surface area (Å²) in [6.45, 7) is 3.65. The molecule has 2 heterocycles. The number of hydrogen-bond donors (Lipinski definition) is 1. The lowest BCUT2D eigenvalue weighted by atomic mass is 9.72. The molecule has 1 saturated heterocycles. The van der Waals surface area contributed by atoms with Crippen LogP contribution >= 0.6 is 0 Å². The van der Waals surface area contributed by atoms with Crippen LogP contribution < -0.4 is 0 Å². The summed E-state index contributed by atoms with van der Waals surface area (Å²) in [7, 11) is 0. The van der Waals surface area contributed by atoms with Gasteiger partial charge in [0.05, 0.1) is 17.8 Å². The lowest BCUT2D eigenvalue weighted by Crippen LogP contribution is -2.54. The summed E-state index contributed by atoms with van der Waals surface area (Å²) in [4.78, 5) is 2.35. The largest absolute Gasteiger partial charge is 0.411 e. The summed E-state index contributed by atoms with van der Waals surface area (Å²) in [6, 6.07) is 12.7. The minimum atomic E-state index is 0.0381. The predicted molar refractivity (Wildman–Crippen MR) is 80.8 cm³/mol. The van der Waals surface area contributed by atoms with Gasteiger partial charge in [-0.15, -0.1) is 0 Å². The molecule has 2 aliphatic heterocycles. The van der Waals surface area contributed by atoms with E-state index in [0.717, 1.165) is 30.8 Å². The molecule has 0 saturated carbocycles.